The van der Waals surface area contributed by atoms with Gasteiger partial charge in [-0.1, -0.05) is 36.4 Å². The number of hydrogen-bond acceptors (Lipinski definition) is 6. The molecule has 166 valence electrons. The number of fused-ring (bicyclic) bond motifs is 2. The molecule has 0 bridgehead atoms. The molecule has 2 aromatic carbocycles. The van der Waals surface area contributed by atoms with E-state index in [2.05, 4.69) is 9.98 Å². The molecule has 32 heavy (non-hydrogen) atoms. The zero-order valence-electron chi connectivity index (χ0n) is 18.5. The number of carboxylic acid groups (broad SMARTS) is 1. The van der Waals surface area contributed by atoms with Gasteiger partial charge in [0.2, 0.25) is 12.2 Å². The van der Waals surface area contributed by atoms with Gasteiger partial charge in [0.25, 0.3) is 0 Å². The number of carboxylic acids is 1. The van der Waals surface area contributed by atoms with E-state index in [0.717, 1.165) is 22.3 Å². The van der Waals surface area contributed by atoms with Gasteiger partial charge in [0, 0.05) is 6.04 Å². The van der Waals surface area contributed by atoms with Crippen LogP contribution < -0.4 is 5.73 Å². The lowest BCUT2D eigenvalue weighted by Crippen LogP contribution is -2.42. The first-order valence-corrected chi connectivity index (χ1v) is 10.6. The molecule has 0 aromatic heterocycles. The fourth-order valence-corrected chi connectivity index (χ4v) is 4.74. The molecule has 3 N–H and O–H groups in total. The molecule has 7 heteroatoms. The molecule has 0 aliphatic heterocycles. The van der Waals surface area contributed by atoms with Crippen molar-refractivity contribution in [3.05, 3.63) is 69.8 Å². The molecule has 3 rings (SSSR count). The van der Waals surface area contributed by atoms with Crippen LogP contribution in [0.1, 0.15) is 72.7 Å². The number of benzene rings is 2. The highest BCUT2D eigenvalue weighted by Crippen LogP contribution is 2.44. The second-order valence-corrected chi connectivity index (χ2v) is 8.52. The van der Waals surface area contributed by atoms with Crippen molar-refractivity contribution in [1.29, 1.82) is 0 Å². The van der Waals surface area contributed by atoms with Gasteiger partial charge < -0.3 is 10.8 Å². The van der Waals surface area contributed by atoms with Crippen LogP contribution in [0.15, 0.2) is 46.4 Å². The van der Waals surface area contributed by atoms with Crippen LogP contribution in [0.2, 0.25) is 0 Å². The van der Waals surface area contributed by atoms with Gasteiger partial charge in [-0.2, -0.15) is 9.98 Å². The minimum absolute atomic E-state index is 0.227. The van der Waals surface area contributed by atoms with Crippen LogP contribution in [0.5, 0.6) is 0 Å². The fraction of sp³-hybridized carbons (Fsp3) is 0.400. The zero-order valence-corrected chi connectivity index (χ0v) is 18.5. The Kier molecular flexibility index (Phi) is 6.85. The van der Waals surface area contributed by atoms with E-state index in [9.17, 15) is 19.5 Å². The van der Waals surface area contributed by atoms with Crippen LogP contribution in [0.25, 0.3) is 0 Å². The number of aliphatic imine (C=N–C) groups is 2. The summed E-state index contributed by atoms with van der Waals surface area (Å²) in [5.74, 6) is -0.961. The summed E-state index contributed by atoms with van der Waals surface area (Å²) in [7, 11) is 0. The quantitative estimate of drug-likeness (QED) is 0.509. The molecular weight excluding hydrogens is 406 g/mol. The van der Waals surface area contributed by atoms with Gasteiger partial charge in [0.1, 0.15) is 5.41 Å². The third kappa shape index (κ3) is 4.19. The van der Waals surface area contributed by atoms with Crippen LogP contribution in [0.3, 0.4) is 0 Å². The Morgan fingerprint density at radius 2 is 1.41 bits per heavy atom. The number of aliphatic carboxylic acids is 1. The molecule has 0 spiro atoms. The third-order valence-corrected chi connectivity index (χ3v) is 6.29. The van der Waals surface area contributed by atoms with Crippen LogP contribution >= 0.6 is 0 Å². The van der Waals surface area contributed by atoms with Gasteiger partial charge in [-0.25, -0.2) is 9.59 Å². The summed E-state index contributed by atoms with van der Waals surface area (Å²) < 4.78 is 0. The predicted octanol–water partition coefficient (Wildman–Crippen LogP) is 3.69. The number of aryl methyl sites for hydroxylation is 2. The summed E-state index contributed by atoms with van der Waals surface area (Å²) in [6, 6.07) is 10.1. The smallest absolute Gasteiger partial charge is 0.318 e. The summed E-state index contributed by atoms with van der Waals surface area (Å²) >= 11 is 0. The zero-order chi connectivity index (χ0) is 23.5. The Morgan fingerprint density at radius 1 is 0.969 bits per heavy atom. The Bertz CT molecular complexity index is 1050. The van der Waals surface area contributed by atoms with Gasteiger partial charge in [-0.3, -0.25) is 4.79 Å². The fourth-order valence-electron chi connectivity index (χ4n) is 4.74. The van der Waals surface area contributed by atoms with Crippen molar-refractivity contribution >= 4 is 18.1 Å². The SMILES string of the molecule is CC(N=C=O)c1ccc2c(c1)CCc1cc(C(C)N=C=O)ccc1C2(C[C@@H](C)N)C(=O)O. The van der Waals surface area contributed by atoms with Crippen molar-refractivity contribution in [1.82, 2.24) is 0 Å². The van der Waals surface area contributed by atoms with Gasteiger partial charge in [0.05, 0.1) is 12.1 Å². The Morgan fingerprint density at radius 3 is 1.75 bits per heavy atom. The lowest BCUT2D eigenvalue weighted by Gasteiger charge is -2.34. The van der Waals surface area contributed by atoms with E-state index < -0.39 is 11.4 Å². The molecule has 0 fully saturated rings. The van der Waals surface area contributed by atoms with Gasteiger partial charge in [-0.05, 0) is 73.4 Å². The molecule has 0 heterocycles. The number of nitrogens with zero attached hydrogens (tertiary/aromatic N) is 2. The van der Waals surface area contributed by atoms with Crippen LogP contribution in [-0.2, 0) is 32.6 Å². The summed E-state index contributed by atoms with van der Waals surface area (Å²) in [6.45, 7) is 5.40. The van der Waals surface area contributed by atoms with Crippen molar-refractivity contribution < 1.29 is 19.5 Å². The van der Waals surface area contributed by atoms with Gasteiger partial charge >= 0.3 is 5.97 Å². The Balaban J connectivity index is 2.28. The lowest BCUT2D eigenvalue weighted by molar-refractivity contribution is -0.142. The average molecular weight is 434 g/mol. The summed E-state index contributed by atoms with van der Waals surface area (Å²) in [4.78, 5) is 41.9. The normalized spacial score (nSPS) is 19.8. The van der Waals surface area contributed by atoms with Crippen molar-refractivity contribution in [2.45, 2.75) is 63.6 Å². The number of hydrogen-bond donors (Lipinski definition) is 2. The summed E-state index contributed by atoms with van der Waals surface area (Å²) in [5.41, 5.74) is 9.71. The van der Waals surface area contributed by atoms with Crippen LogP contribution in [0, 0.1) is 0 Å². The molecule has 0 amide bonds. The highest BCUT2D eigenvalue weighted by Gasteiger charge is 2.46. The largest absolute Gasteiger partial charge is 0.480 e. The van der Waals surface area contributed by atoms with Crippen molar-refractivity contribution in [3.63, 3.8) is 0 Å². The van der Waals surface area contributed by atoms with E-state index in [1.807, 2.05) is 36.4 Å². The van der Waals surface area contributed by atoms with Crippen molar-refractivity contribution in [2.24, 2.45) is 15.7 Å². The summed E-state index contributed by atoms with van der Waals surface area (Å²) in [6.07, 6.45) is 4.65. The first-order chi connectivity index (χ1) is 15.2. The Labute approximate surface area is 187 Å². The second-order valence-electron chi connectivity index (χ2n) is 8.52. The maximum atomic E-state index is 12.9. The van der Waals surface area contributed by atoms with Gasteiger partial charge in [0.15, 0.2) is 0 Å². The molecule has 1 aliphatic rings. The first kappa shape index (κ1) is 23.3. The van der Waals surface area contributed by atoms with E-state index in [-0.39, 0.29) is 24.5 Å². The molecular formula is C25H27N3O4. The predicted molar refractivity (Wildman–Crippen MR) is 120 cm³/mol. The number of carbonyl (C=O) groups excluding carboxylic acids is 2. The highest BCUT2D eigenvalue weighted by molar-refractivity contribution is 5.88. The number of carbonyl (C=O) groups is 1. The standard InChI is InChI=1S/C25H27N3O4/c1-15(26)12-25(24(31)32)22-8-6-18(16(2)27-13-29)10-20(22)4-5-21-11-19(7-9-23(21)25)17(3)28-14-30/h6-11,15-17H,4-5,12,26H2,1-3H3,(H,31,32)/t15-,16?,17?,25?/m1/s1. The minimum Gasteiger partial charge on any atom is -0.480 e. The maximum Gasteiger partial charge on any atom is 0.318 e. The van der Waals surface area contributed by atoms with E-state index in [1.54, 1.807) is 32.9 Å². The third-order valence-electron chi connectivity index (χ3n) is 6.29. The van der Waals surface area contributed by atoms with E-state index >= 15 is 0 Å². The van der Waals surface area contributed by atoms with Crippen molar-refractivity contribution in [2.75, 3.05) is 0 Å². The van der Waals surface area contributed by atoms with E-state index in [0.29, 0.717) is 24.0 Å². The molecule has 7 nitrogen and oxygen atoms in total. The molecule has 0 saturated heterocycles. The van der Waals surface area contributed by atoms with Crippen molar-refractivity contribution in [3.8, 4) is 0 Å². The lowest BCUT2D eigenvalue weighted by atomic mass is 9.68. The number of nitrogens with two attached hydrogens (primary N) is 1. The first-order valence-electron chi connectivity index (χ1n) is 10.6. The molecule has 3 atom stereocenters. The monoisotopic (exact) mass is 433 g/mol. The van der Waals surface area contributed by atoms with Crippen LogP contribution in [0.4, 0.5) is 0 Å². The molecule has 2 unspecified atom stereocenters. The highest BCUT2D eigenvalue weighted by atomic mass is 16.4. The molecule has 2 aromatic rings. The minimum atomic E-state index is -1.32. The van der Waals surface area contributed by atoms with Crippen LogP contribution in [-0.4, -0.2) is 29.3 Å². The molecule has 0 radical (unpaired) electrons. The van der Waals surface area contributed by atoms with Gasteiger partial charge in [-0.15, -0.1) is 0 Å². The number of rotatable bonds is 7. The topological polar surface area (TPSA) is 122 Å². The van der Waals surface area contributed by atoms with E-state index in [4.69, 9.17) is 5.73 Å². The molecule has 0 saturated carbocycles. The maximum absolute atomic E-state index is 12.9. The molecule has 1 aliphatic carbocycles. The average Bonchev–Trinajstić information content (AvgIpc) is 2.88. The van der Waals surface area contributed by atoms with E-state index in [1.165, 1.54) is 0 Å². The summed E-state index contributed by atoms with van der Waals surface area (Å²) in [5, 5.41) is 10.6. The second kappa shape index (κ2) is 9.41. The number of isocyanates is 2. The Hall–Kier alpha value is -3.37.